The molecule has 21 heavy (non-hydrogen) atoms. The Bertz CT molecular complexity index is 624. The number of hydrogen-bond donors (Lipinski definition) is 1. The summed E-state index contributed by atoms with van der Waals surface area (Å²) in [5, 5.41) is 3.58. The highest BCUT2D eigenvalue weighted by atomic mass is 15.3. The molecular formula is C15H24N6. The molecule has 0 aliphatic heterocycles. The third-order valence-electron chi connectivity index (χ3n) is 4.06. The first-order valence-electron chi connectivity index (χ1n) is 7.74. The van der Waals surface area contributed by atoms with E-state index in [4.69, 9.17) is 0 Å². The van der Waals surface area contributed by atoms with Crippen LogP contribution in [0.2, 0.25) is 0 Å². The van der Waals surface area contributed by atoms with E-state index in [2.05, 4.69) is 38.7 Å². The lowest BCUT2D eigenvalue weighted by molar-refractivity contribution is 0.612. The standard InChI is InChI=1S/C15H24N6/c1-10(2)21-9-16-12-13(17-11-7-5-6-8-11)18-15(20(3)4)19-14(12)21/h9-11H,5-8H2,1-4H3,(H,17,18,19). The predicted molar refractivity (Wildman–Crippen MR) is 85.9 cm³/mol. The van der Waals surface area contributed by atoms with Crippen LogP contribution in [-0.2, 0) is 0 Å². The van der Waals surface area contributed by atoms with Gasteiger partial charge in [-0.2, -0.15) is 9.97 Å². The van der Waals surface area contributed by atoms with Gasteiger partial charge in [0.05, 0.1) is 6.33 Å². The van der Waals surface area contributed by atoms with Gasteiger partial charge in [0, 0.05) is 26.2 Å². The summed E-state index contributed by atoms with van der Waals surface area (Å²) in [4.78, 5) is 15.8. The van der Waals surface area contributed by atoms with Crippen LogP contribution >= 0.6 is 0 Å². The summed E-state index contributed by atoms with van der Waals surface area (Å²) in [5.41, 5.74) is 1.78. The monoisotopic (exact) mass is 288 g/mol. The Morgan fingerprint density at radius 2 is 1.95 bits per heavy atom. The first kappa shape index (κ1) is 14.1. The predicted octanol–water partition coefficient (Wildman–Crippen LogP) is 2.83. The van der Waals surface area contributed by atoms with Crippen molar-refractivity contribution in [2.75, 3.05) is 24.3 Å². The van der Waals surface area contributed by atoms with Gasteiger partial charge in [-0.1, -0.05) is 12.8 Å². The third-order valence-corrected chi connectivity index (χ3v) is 4.06. The van der Waals surface area contributed by atoms with Gasteiger partial charge in [0.25, 0.3) is 0 Å². The number of nitrogens with zero attached hydrogens (tertiary/aromatic N) is 5. The average molecular weight is 288 g/mol. The number of anilines is 2. The van der Waals surface area contributed by atoms with Crippen LogP contribution in [0.25, 0.3) is 11.2 Å². The molecule has 1 fully saturated rings. The summed E-state index contributed by atoms with van der Waals surface area (Å²) in [6.07, 6.45) is 6.89. The molecule has 0 amide bonds. The summed E-state index contributed by atoms with van der Waals surface area (Å²) >= 11 is 0. The molecule has 1 N–H and O–H groups in total. The Kier molecular flexibility index (Phi) is 3.69. The van der Waals surface area contributed by atoms with E-state index in [1.165, 1.54) is 25.7 Å². The molecule has 0 radical (unpaired) electrons. The second-order valence-corrected chi connectivity index (χ2v) is 6.31. The second kappa shape index (κ2) is 5.50. The maximum atomic E-state index is 4.67. The van der Waals surface area contributed by atoms with Crippen LogP contribution in [0.3, 0.4) is 0 Å². The van der Waals surface area contributed by atoms with Crippen molar-refractivity contribution in [2.45, 2.75) is 51.6 Å². The topological polar surface area (TPSA) is 58.9 Å². The van der Waals surface area contributed by atoms with Crippen molar-refractivity contribution in [1.29, 1.82) is 0 Å². The number of hydrogen-bond acceptors (Lipinski definition) is 5. The smallest absolute Gasteiger partial charge is 0.228 e. The molecule has 0 spiro atoms. The summed E-state index contributed by atoms with van der Waals surface area (Å²) < 4.78 is 2.10. The number of aromatic nitrogens is 4. The lowest BCUT2D eigenvalue weighted by Crippen LogP contribution is -2.19. The van der Waals surface area contributed by atoms with Gasteiger partial charge in [-0.15, -0.1) is 0 Å². The summed E-state index contributed by atoms with van der Waals surface area (Å²) in [6.45, 7) is 4.28. The van der Waals surface area contributed by atoms with Crippen molar-refractivity contribution in [3.63, 3.8) is 0 Å². The van der Waals surface area contributed by atoms with Gasteiger partial charge in [0.1, 0.15) is 0 Å². The molecule has 0 bridgehead atoms. The summed E-state index contributed by atoms with van der Waals surface area (Å²) in [5.74, 6) is 1.60. The zero-order valence-corrected chi connectivity index (χ0v) is 13.3. The molecule has 1 saturated carbocycles. The van der Waals surface area contributed by atoms with E-state index < -0.39 is 0 Å². The molecule has 6 nitrogen and oxygen atoms in total. The van der Waals surface area contributed by atoms with Crippen LogP contribution in [-0.4, -0.2) is 39.7 Å². The van der Waals surface area contributed by atoms with Crippen LogP contribution in [0.4, 0.5) is 11.8 Å². The fourth-order valence-corrected chi connectivity index (χ4v) is 2.85. The normalized spacial score (nSPS) is 16.0. The third kappa shape index (κ3) is 2.66. The van der Waals surface area contributed by atoms with Crippen LogP contribution in [0.1, 0.15) is 45.6 Å². The average Bonchev–Trinajstić information content (AvgIpc) is 3.06. The zero-order valence-electron chi connectivity index (χ0n) is 13.3. The molecule has 0 atom stereocenters. The van der Waals surface area contributed by atoms with Gasteiger partial charge in [-0.25, -0.2) is 4.98 Å². The molecule has 0 saturated heterocycles. The maximum absolute atomic E-state index is 4.67. The highest BCUT2D eigenvalue weighted by molar-refractivity contribution is 5.84. The minimum atomic E-state index is 0.333. The van der Waals surface area contributed by atoms with E-state index in [1.807, 2.05) is 25.3 Å². The van der Waals surface area contributed by atoms with E-state index in [1.54, 1.807) is 0 Å². The fraction of sp³-hybridized carbons (Fsp3) is 0.667. The molecule has 2 aromatic rings. The van der Waals surface area contributed by atoms with Gasteiger partial charge >= 0.3 is 0 Å². The highest BCUT2D eigenvalue weighted by Gasteiger charge is 2.20. The largest absolute Gasteiger partial charge is 0.365 e. The van der Waals surface area contributed by atoms with Gasteiger partial charge in [-0.3, -0.25) is 0 Å². The quantitative estimate of drug-likeness (QED) is 0.937. The van der Waals surface area contributed by atoms with Crippen LogP contribution in [0.5, 0.6) is 0 Å². The summed E-state index contributed by atoms with van der Waals surface area (Å²) in [7, 11) is 3.94. The number of fused-ring (bicyclic) bond motifs is 1. The lowest BCUT2D eigenvalue weighted by atomic mass is 10.2. The van der Waals surface area contributed by atoms with E-state index in [9.17, 15) is 0 Å². The molecular weight excluding hydrogens is 264 g/mol. The van der Waals surface area contributed by atoms with Crippen molar-refractivity contribution < 1.29 is 0 Å². The van der Waals surface area contributed by atoms with Crippen molar-refractivity contribution in [1.82, 2.24) is 19.5 Å². The Morgan fingerprint density at radius 1 is 1.24 bits per heavy atom. The van der Waals surface area contributed by atoms with E-state index in [-0.39, 0.29) is 0 Å². The van der Waals surface area contributed by atoms with Gasteiger partial charge in [0.15, 0.2) is 17.0 Å². The van der Waals surface area contributed by atoms with E-state index >= 15 is 0 Å². The Balaban J connectivity index is 2.07. The fourth-order valence-electron chi connectivity index (χ4n) is 2.85. The molecule has 0 unspecified atom stereocenters. The number of nitrogens with one attached hydrogen (secondary N) is 1. The Morgan fingerprint density at radius 3 is 2.57 bits per heavy atom. The lowest BCUT2D eigenvalue weighted by Gasteiger charge is -2.17. The Hall–Kier alpha value is -1.85. The molecule has 2 heterocycles. The minimum absolute atomic E-state index is 0.333. The van der Waals surface area contributed by atoms with Crippen molar-refractivity contribution >= 4 is 22.9 Å². The first-order valence-corrected chi connectivity index (χ1v) is 7.74. The Labute approximate surface area is 125 Å². The van der Waals surface area contributed by atoms with Crippen LogP contribution < -0.4 is 10.2 Å². The van der Waals surface area contributed by atoms with Crippen LogP contribution in [0.15, 0.2) is 6.33 Å². The molecule has 1 aliphatic carbocycles. The van der Waals surface area contributed by atoms with E-state index in [0.717, 1.165) is 22.9 Å². The molecule has 0 aromatic carbocycles. The summed E-state index contributed by atoms with van der Waals surface area (Å²) in [6, 6.07) is 0.849. The maximum Gasteiger partial charge on any atom is 0.228 e. The highest BCUT2D eigenvalue weighted by Crippen LogP contribution is 2.27. The number of rotatable bonds is 4. The minimum Gasteiger partial charge on any atom is -0.365 e. The zero-order chi connectivity index (χ0) is 15.0. The molecule has 114 valence electrons. The SMILES string of the molecule is CC(C)n1cnc2c(NC3CCCC3)nc(N(C)C)nc21. The number of imidazole rings is 1. The van der Waals surface area contributed by atoms with Gasteiger partial charge in [0.2, 0.25) is 5.95 Å². The molecule has 3 rings (SSSR count). The second-order valence-electron chi connectivity index (χ2n) is 6.31. The van der Waals surface area contributed by atoms with Crippen molar-refractivity contribution in [3.05, 3.63) is 6.33 Å². The van der Waals surface area contributed by atoms with Gasteiger partial charge < -0.3 is 14.8 Å². The molecule has 2 aromatic heterocycles. The van der Waals surface area contributed by atoms with Crippen molar-refractivity contribution in [2.24, 2.45) is 0 Å². The molecule has 1 aliphatic rings. The van der Waals surface area contributed by atoms with Crippen molar-refractivity contribution in [3.8, 4) is 0 Å². The first-order chi connectivity index (χ1) is 10.1. The van der Waals surface area contributed by atoms with Crippen LogP contribution in [0, 0.1) is 0 Å². The van der Waals surface area contributed by atoms with E-state index in [0.29, 0.717) is 12.1 Å². The van der Waals surface area contributed by atoms with Gasteiger partial charge in [-0.05, 0) is 26.7 Å². The molecule has 6 heteroatoms.